The van der Waals surface area contributed by atoms with Gasteiger partial charge in [0.2, 0.25) is 5.69 Å². The second-order valence-corrected chi connectivity index (χ2v) is 15.4. The third-order valence-corrected chi connectivity index (χ3v) is 12.8. The van der Waals surface area contributed by atoms with Crippen LogP contribution in [0, 0.1) is 25.7 Å². The number of hydrogen-bond donors (Lipinski definition) is 0. The van der Waals surface area contributed by atoms with Crippen LogP contribution in [0.15, 0.2) is 100 Å². The summed E-state index contributed by atoms with van der Waals surface area (Å²) in [4.78, 5) is 16.1. The molecular weight excluding hydrogens is 671 g/mol. The molecule has 0 saturated carbocycles. The Morgan fingerprint density at radius 1 is 0.833 bits per heavy atom. The number of aryl methyl sites for hydroxylation is 2. The quantitative estimate of drug-likeness (QED) is 0.0970. The van der Waals surface area contributed by atoms with E-state index in [2.05, 4.69) is 134 Å². The van der Waals surface area contributed by atoms with Gasteiger partial charge in [0.1, 0.15) is 50.7 Å². The Kier molecular flexibility index (Phi) is 5.19. The summed E-state index contributed by atoms with van der Waals surface area (Å²) in [6, 6.07) is 30.0. The highest BCUT2D eigenvalue weighted by Crippen LogP contribution is 2.55. The Morgan fingerprint density at radius 2 is 1.69 bits per heavy atom. The number of aromatic nitrogens is 4. The second kappa shape index (κ2) is 9.68. The van der Waals surface area contributed by atoms with Crippen LogP contribution in [0.25, 0.3) is 44.3 Å². The summed E-state index contributed by atoms with van der Waals surface area (Å²) in [5.74, 6) is 9.57. The highest BCUT2D eigenvalue weighted by atomic mass is 16.5. The van der Waals surface area contributed by atoms with Crippen LogP contribution in [0.2, 0.25) is 0 Å². The summed E-state index contributed by atoms with van der Waals surface area (Å²) in [5.41, 5.74) is 12.2. The molecule has 0 bridgehead atoms. The number of ether oxygens (including phenoxy) is 1. The molecule has 9 heterocycles. The summed E-state index contributed by atoms with van der Waals surface area (Å²) < 4.78 is 22.5. The highest BCUT2D eigenvalue weighted by molar-refractivity contribution is 6.11. The van der Waals surface area contributed by atoms with E-state index in [0.717, 1.165) is 112 Å². The summed E-state index contributed by atoms with van der Waals surface area (Å²) in [6.07, 6.45) is 6.40. The van der Waals surface area contributed by atoms with Crippen molar-refractivity contribution in [2.45, 2.75) is 45.2 Å². The van der Waals surface area contributed by atoms with Gasteiger partial charge >= 0.3 is 11.3 Å². The lowest BCUT2D eigenvalue weighted by Crippen LogP contribution is -2.77. The van der Waals surface area contributed by atoms with Gasteiger partial charge in [-0.05, 0) is 92.8 Å². The molecule has 0 radical (unpaired) electrons. The van der Waals surface area contributed by atoms with E-state index in [1.54, 1.807) is 0 Å². The third kappa shape index (κ3) is 3.20. The van der Waals surface area contributed by atoms with Gasteiger partial charge in [-0.15, -0.1) is 4.68 Å². The van der Waals surface area contributed by atoms with E-state index in [9.17, 15) is 4.79 Å². The average Bonchev–Trinajstić information content (AvgIpc) is 3.79. The minimum Gasteiger partial charge on any atom is -0.456 e. The monoisotopic (exact) mass is 703 g/mol. The second-order valence-electron chi connectivity index (χ2n) is 15.4. The first-order chi connectivity index (χ1) is 26.5. The van der Waals surface area contributed by atoms with Crippen LogP contribution < -0.4 is 24.5 Å². The van der Waals surface area contributed by atoms with Crippen molar-refractivity contribution in [1.29, 1.82) is 0 Å². The number of anilines is 1. The number of rotatable bonds is 0. The first-order valence-corrected chi connectivity index (χ1v) is 19.0. The van der Waals surface area contributed by atoms with E-state index in [0.29, 0.717) is 5.56 Å². The van der Waals surface area contributed by atoms with Gasteiger partial charge in [0.05, 0.1) is 6.20 Å². The summed E-state index contributed by atoms with van der Waals surface area (Å²) in [7, 11) is 0. The van der Waals surface area contributed by atoms with Gasteiger partial charge in [-0.2, -0.15) is 9.13 Å². The fourth-order valence-corrected chi connectivity index (χ4v) is 10.8. The summed E-state index contributed by atoms with van der Waals surface area (Å²) in [6.45, 7) is 6.43. The van der Waals surface area contributed by atoms with E-state index >= 15 is 0 Å². The van der Waals surface area contributed by atoms with E-state index in [1.165, 1.54) is 27.6 Å². The molecule has 8 aromatic rings. The lowest BCUT2D eigenvalue weighted by Gasteiger charge is -2.37. The Hall–Kier alpha value is -6.59. The lowest BCUT2D eigenvalue weighted by molar-refractivity contribution is -0.995. The van der Waals surface area contributed by atoms with E-state index < -0.39 is 5.66 Å². The smallest absolute Gasteiger partial charge is 0.397 e. The van der Waals surface area contributed by atoms with Crippen molar-refractivity contribution in [2.75, 3.05) is 18.0 Å². The summed E-state index contributed by atoms with van der Waals surface area (Å²) in [5, 5.41) is 3.36. The predicted octanol–water partition coefficient (Wildman–Crippen LogP) is 7.00. The molecular formula is C46H33N5O3+2. The van der Waals surface area contributed by atoms with Crippen molar-refractivity contribution in [3.05, 3.63) is 146 Å². The van der Waals surface area contributed by atoms with Gasteiger partial charge in [0.15, 0.2) is 11.1 Å². The van der Waals surface area contributed by atoms with Gasteiger partial charge in [-0.25, -0.2) is 4.79 Å². The molecule has 5 aliphatic heterocycles. The zero-order chi connectivity index (χ0) is 35.6. The van der Waals surface area contributed by atoms with E-state index in [1.807, 2.05) is 6.07 Å². The molecule has 1 unspecified atom stereocenters. The predicted molar refractivity (Wildman–Crippen MR) is 205 cm³/mol. The van der Waals surface area contributed by atoms with Crippen LogP contribution in [0.3, 0.4) is 0 Å². The maximum absolute atomic E-state index is 13.7. The number of pyridine rings is 1. The topological polar surface area (TPSA) is 60.3 Å². The highest BCUT2D eigenvalue weighted by Gasteiger charge is 2.69. The van der Waals surface area contributed by atoms with Crippen LogP contribution in [-0.4, -0.2) is 22.3 Å². The standard InChI is InChI=1S/C46H33N5O3/c1-26-31(18-17-29-25-30-24-28-10-8-21-47-22-9-12-34(42(28)47)44(30)54-45(29)52)27(2)51-46-40-36(50(26)51)14-7-15-37(40)53-38-20-19-33-32-11-3-4-13-35(32)49(43(33)41(38)46)39-16-5-6-23-48(39)46/h3-7,11,13-16,19-20,23-25H,8-10,12,21-22H2,1-2H3/q+2. The van der Waals surface area contributed by atoms with Crippen molar-refractivity contribution in [3.8, 4) is 34.8 Å². The molecule has 0 fully saturated rings. The maximum Gasteiger partial charge on any atom is 0.397 e. The molecule has 8 heteroatoms. The molecule has 1 atom stereocenters. The number of hydrogen-bond acceptors (Lipinski definition) is 4. The van der Waals surface area contributed by atoms with E-state index in [-0.39, 0.29) is 5.63 Å². The molecule has 258 valence electrons. The van der Waals surface area contributed by atoms with Gasteiger partial charge in [0, 0.05) is 53.5 Å². The Bertz CT molecular complexity index is 3220. The van der Waals surface area contributed by atoms with Crippen molar-refractivity contribution < 1.29 is 18.4 Å². The van der Waals surface area contributed by atoms with Crippen LogP contribution in [0.4, 0.5) is 5.69 Å². The minimum absolute atomic E-state index is 0.382. The van der Waals surface area contributed by atoms with E-state index in [4.69, 9.17) is 9.15 Å². The van der Waals surface area contributed by atoms with Crippen molar-refractivity contribution in [3.63, 3.8) is 0 Å². The molecule has 54 heavy (non-hydrogen) atoms. The number of benzene rings is 4. The zero-order valence-corrected chi connectivity index (χ0v) is 29.9. The Labute approximate surface area is 309 Å². The number of fused-ring (bicyclic) bond motifs is 9. The average molecular weight is 704 g/mol. The van der Waals surface area contributed by atoms with Crippen LogP contribution in [-0.2, 0) is 18.5 Å². The molecule has 0 N–H and O–H groups in total. The molecule has 0 amide bonds. The first-order valence-electron chi connectivity index (χ1n) is 19.0. The van der Waals surface area contributed by atoms with Crippen molar-refractivity contribution >= 4 is 38.5 Å². The largest absolute Gasteiger partial charge is 0.456 e. The van der Waals surface area contributed by atoms with Gasteiger partial charge in [0.25, 0.3) is 5.82 Å². The van der Waals surface area contributed by atoms with Gasteiger partial charge in [-0.3, -0.25) is 0 Å². The lowest BCUT2D eigenvalue weighted by atomic mass is 9.84. The Balaban J connectivity index is 1.08. The van der Waals surface area contributed by atoms with Crippen molar-refractivity contribution in [1.82, 2.24) is 9.25 Å². The van der Waals surface area contributed by atoms with Gasteiger partial charge < -0.3 is 14.1 Å². The molecule has 0 aliphatic carbocycles. The molecule has 8 nitrogen and oxygen atoms in total. The van der Waals surface area contributed by atoms with Gasteiger partial charge in [-0.1, -0.05) is 40.8 Å². The molecule has 5 aliphatic rings. The minimum atomic E-state index is -0.800. The molecule has 1 spiro atoms. The SMILES string of the molecule is Cc1c(C#Cc2cc3cc4c5c(c3oc2=O)CCCN5CCC4)c(C)[n+]2n1-c1cccc3c1C21c2c(ccc4c5ccccc5n(c24)-c2cccc[n+]21)O3. The summed E-state index contributed by atoms with van der Waals surface area (Å²) >= 11 is 0. The third-order valence-electron chi connectivity index (χ3n) is 12.8. The number of nitrogens with zero attached hydrogens (tertiary/aromatic N) is 5. The fourth-order valence-electron chi connectivity index (χ4n) is 10.8. The molecule has 13 rings (SSSR count). The van der Waals surface area contributed by atoms with Crippen LogP contribution in [0.1, 0.15) is 57.6 Å². The fraction of sp³-hybridized carbons (Fsp3) is 0.196. The normalized spacial score (nSPS) is 17.9. The van der Waals surface area contributed by atoms with Crippen LogP contribution >= 0.6 is 0 Å². The first kappa shape index (κ1) is 28.9. The number of para-hydroxylation sites is 1. The van der Waals surface area contributed by atoms with Crippen LogP contribution in [0.5, 0.6) is 11.5 Å². The van der Waals surface area contributed by atoms with Crippen molar-refractivity contribution in [2.24, 2.45) is 0 Å². The molecule has 4 aromatic heterocycles. The Morgan fingerprint density at radius 3 is 2.61 bits per heavy atom. The maximum atomic E-state index is 13.7. The zero-order valence-electron chi connectivity index (χ0n) is 29.9. The molecule has 4 aromatic carbocycles. The molecule has 0 saturated heterocycles.